The molecule has 14 heavy (non-hydrogen) atoms. The summed E-state index contributed by atoms with van der Waals surface area (Å²) in [6.45, 7) is 4.72. The second kappa shape index (κ2) is 7.50. The molecule has 1 rings (SSSR count). The van der Waals surface area contributed by atoms with Crippen LogP contribution in [-0.2, 0) is 6.54 Å². The average Bonchev–Trinajstić information content (AvgIpc) is 2.58. The fourth-order valence-electron chi connectivity index (χ4n) is 0.704. The lowest BCUT2D eigenvalue weighted by Gasteiger charge is -2.10. The number of hydrogen-bond acceptors (Lipinski definition) is 2. The van der Waals surface area contributed by atoms with Gasteiger partial charge in [0.1, 0.15) is 5.76 Å². The van der Waals surface area contributed by atoms with Crippen molar-refractivity contribution in [1.82, 2.24) is 4.90 Å². The van der Waals surface area contributed by atoms with Gasteiger partial charge in [-0.1, -0.05) is 32.9 Å². The molecule has 0 spiro atoms. The molecule has 0 unspecified atom stereocenters. The van der Waals surface area contributed by atoms with Crippen LogP contribution in [0.3, 0.4) is 0 Å². The first kappa shape index (κ1) is 13.1. The molecule has 0 N–H and O–H groups in total. The van der Waals surface area contributed by atoms with E-state index in [2.05, 4.69) is 26.5 Å². The highest BCUT2D eigenvalue weighted by Gasteiger charge is 2.04. The lowest BCUT2D eigenvalue weighted by molar-refractivity contribution is 0.228. The van der Waals surface area contributed by atoms with Crippen LogP contribution in [0.15, 0.2) is 22.8 Å². The summed E-state index contributed by atoms with van der Waals surface area (Å²) in [5, 5.41) is -0.263. The molecule has 0 atom stereocenters. The molecule has 0 aromatic carbocycles. The third-order valence-electron chi connectivity index (χ3n) is 1.30. The van der Waals surface area contributed by atoms with Gasteiger partial charge < -0.3 is 9.32 Å². The summed E-state index contributed by atoms with van der Waals surface area (Å²) in [6, 6.07) is 3.60. The molecule has 4 heteroatoms. The highest BCUT2D eigenvalue weighted by atomic mass is 32.1. The summed E-state index contributed by atoms with van der Waals surface area (Å²) >= 11 is 3.65. The van der Waals surface area contributed by atoms with Gasteiger partial charge in [-0.3, -0.25) is 4.79 Å². The van der Waals surface area contributed by atoms with Crippen LogP contribution in [0.2, 0.25) is 0 Å². The van der Waals surface area contributed by atoms with Gasteiger partial charge in [0.05, 0.1) is 12.8 Å². The monoisotopic (exact) mass is 215 g/mol. The largest absolute Gasteiger partial charge is 0.467 e. The predicted molar refractivity (Wildman–Crippen MR) is 60.5 cm³/mol. The molecule has 1 heterocycles. The summed E-state index contributed by atoms with van der Waals surface area (Å²) in [5.41, 5.74) is 0. The molecule has 1 amide bonds. The molecule has 0 saturated carbocycles. The van der Waals surface area contributed by atoms with Gasteiger partial charge in [-0.2, -0.15) is 0 Å². The van der Waals surface area contributed by atoms with Gasteiger partial charge in [-0.05, 0) is 12.1 Å². The Kier molecular flexibility index (Phi) is 7.02. The summed E-state index contributed by atoms with van der Waals surface area (Å²) in [6.07, 6.45) is 2.83. The van der Waals surface area contributed by atoms with E-state index in [0.717, 1.165) is 5.76 Å². The van der Waals surface area contributed by atoms with E-state index in [4.69, 9.17) is 4.42 Å². The Labute approximate surface area is 90.5 Å². The van der Waals surface area contributed by atoms with Crippen molar-refractivity contribution in [3.8, 4) is 0 Å². The number of furan rings is 1. The second-order valence-electron chi connectivity index (χ2n) is 2.93. The highest BCUT2D eigenvalue weighted by molar-refractivity contribution is 7.96. The lowest BCUT2D eigenvalue weighted by Crippen LogP contribution is -2.19. The van der Waals surface area contributed by atoms with Crippen molar-refractivity contribution in [2.75, 3.05) is 7.05 Å². The summed E-state index contributed by atoms with van der Waals surface area (Å²) in [7, 11) is 1.66. The molecule has 0 aliphatic rings. The van der Waals surface area contributed by atoms with E-state index < -0.39 is 0 Å². The van der Waals surface area contributed by atoms with Crippen LogP contribution in [0.25, 0.3) is 0 Å². The van der Waals surface area contributed by atoms with Gasteiger partial charge >= 0.3 is 0 Å². The number of amides is 1. The molecule has 1 aromatic rings. The van der Waals surface area contributed by atoms with Gasteiger partial charge in [-0.15, -0.1) is 0 Å². The molecule has 3 nitrogen and oxygen atoms in total. The average molecular weight is 215 g/mol. The Balaban J connectivity index is 0.000000500. The molecule has 0 aliphatic carbocycles. The molecule has 1 aromatic heterocycles. The SMILES string of the molecule is CCC.CN(Cc1ccco1)C(=O)S. The van der Waals surface area contributed by atoms with Gasteiger partial charge in [0, 0.05) is 7.05 Å². The zero-order chi connectivity index (χ0) is 11.0. The molecule has 0 saturated heterocycles. The molecule has 0 fully saturated rings. The van der Waals surface area contributed by atoms with Crippen molar-refractivity contribution in [3.05, 3.63) is 24.2 Å². The molecule has 0 radical (unpaired) electrons. The van der Waals surface area contributed by atoms with Crippen LogP contribution in [0.1, 0.15) is 26.0 Å². The number of hydrogen-bond donors (Lipinski definition) is 1. The predicted octanol–water partition coefficient (Wildman–Crippen LogP) is 3.18. The Hall–Kier alpha value is -0.900. The fraction of sp³-hybridized carbons (Fsp3) is 0.500. The topological polar surface area (TPSA) is 33.5 Å². The van der Waals surface area contributed by atoms with Crippen molar-refractivity contribution in [2.45, 2.75) is 26.8 Å². The van der Waals surface area contributed by atoms with Gasteiger partial charge in [0.25, 0.3) is 5.24 Å². The van der Waals surface area contributed by atoms with Crippen LogP contribution < -0.4 is 0 Å². The summed E-state index contributed by atoms with van der Waals surface area (Å²) in [5.74, 6) is 0.759. The second-order valence-corrected chi connectivity index (χ2v) is 3.31. The molecular weight excluding hydrogens is 198 g/mol. The fourth-order valence-corrected chi connectivity index (χ4v) is 0.775. The first-order valence-corrected chi connectivity index (χ1v) is 5.02. The molecular formula is C10H17NO2S. The van der Waals surface area contributed by atoms with E-state index in [1.165, 1.54) is 11.3 Å². The summed E-state index contributed by atoms with van der Waals surface area (Å²) < 4.78 is 5.03. The third-order valence-corrected chi connectivity index (χ3v) is 1.64. The van der Waals surface area contributed by atoms with Crippen molar-refractivity contribution >= 4 is 17.9 Å². The summed E-state index contributed by atoms with van der Waals surface area (Å²) in [4.78, 5) is 12.1. The Morgan fingerprint density at radius 2 is 2.14 bits per heavy atom. The minimum absolute atomic E-state index is 0.263. The maximum absolute atomic E-state index is 10.6. The first-order valence-electron chi connectivity index (χ1n) is 4.58. The number of nitrogens with zero attached hydrogens (tertiary/aromatic N) is 1. The molecule has 80 valence electrons. The van der Waals surface area contributed by atoms with Crippen LogP contribution in [-0.4, -0.2) is 17.2 Å². The highest BCUT2D eigenvalue weighted by Crippen LogP contribution is 2.04. The lowest BCUT2D eigenvalue weighted by atomic mass is 10.4. The van der Waals surface area contributed by atoms with Crippen LogP contribution >= 0.6 is 12.6 Å². The maximum Gasteiger partial charge on any atom is 0.278 e. The van der Waals surface area contributed by atoms with E-state index in [0.29, 0.717) is 6.54 Å². The van der Waals surface area contributed by atoms with Crippen molar-refractivity contribution in [3.63, 3.8) is 0 Å². The van der Waals surface area contributed by atoms with E-state index in [9.17, 15) is 4.79 Å². The third kappa shape index (κ3) is 5.70. The van der Waals surface area contributed by atoms with Crippen LogP contribution in [0, 0.1) is 0 Å². The zero-order valence-corrected chi connectivity index (χ0v) is 9.75. The van der Waals surface area contributed by atoms with E-state index in [-0.39, 0.29) is 5.24 Å². The van der Waals surface area contributed by atoms with Crippen molar-refractivity contribution in [2.24, 2.45) is 0 Å². The Morgan fingerprint density at radius 1 is 1.57 bits per heavy atom. The van der Waals surface area contributed by atoms with Gasteiger partial charge in [0.15, 0.2) is 0 Å². The minimum Gasteiger partial charge on any atom is -0.467 e. The maximum atomic E-state index is 10.6. The van der Waals surface area contributed by atoms with Crippen LogP contribution in [0.5, 0.6) is 0 Å². The van der Waals surface area contributed by atoms with Crippen LogP contribution in [0.4, 0.5) is 4.79 Å². The number of carbonyl (C=O) groups is 1. The number of rotatable bonds is 2. The minimum atomic E-state index is -0.263. The molecule has 0 aliphatic heterocycles. The zero-order valence-electron chi connectivity index (χ0n) is 8.86. The van der Waals surface area contributed by atoms with E-state index >= 15 is 0 Å². The van der Waals surface area contributed by atoms with Gasteiger partial charge in [0.2, 0.25) is 0 Å². The normalized spacial score (nSPS) is 8.86. The number of carbonyl (C=O) groups excluding carboxylic acids is 1. The van der Waals surface area contributed by atoms with Gasteiger partial charge in [-0.25, -0.2) is 0 Å². The number of thiol groups is 1. The molecule has 0 bridgehead atoms. The van der Waals surface area contributed by atoms with E-state index in [1.54, 1.807) is 19.4 Å². The standard InChI is InChI=1S/C7H9NO2S.C3H8/c1-8(7(9)11)5-6-3-2-4-10-6;1-3-2/h2-4H,5H2,1H3,(H,9,11);3H2,1-2H3. The Morgan fingerprint density at radius 3 is 2.50 bits per heavy atom. The quantitative estimate of drug-likeness (QED) is 0.769. The van der Waals surface area contributed by atoms with Crippen molar-refractivity contribution < 1.29 is 9.21 Å². The van der Waals surface area contributed by atoms with Crippen molar-refractivity contribution in [1.29, 1.82) is 0 Å². The Bertz CT molecular complexity index is 247. The van der Waals surface area contributed by atoms with E-state index in [1.807, 2.05) is 6.07 Å². The smallest absolute Gasteiger partial charge is 0.278 e. The first-order chi connectivity index (χ1) is 6.61.